The lowest BCUT2D eigenvalue weighted by Crippen LogP contribution is -2.46. The minimum atomic E-state index is -0.847. The van der Waals surface area contributed by atoms with Gasteiger partial charge in [-0.2, -0.15) is 0 Å². The van der Waals surface area contributed by atoms with Gasteiger partial charge in [0.1, 0.15) is 0 Å². The summed E-state index contributed by atoms with van der Waals surface area (Å²) in [5, 5.41) is 9.73. The van der Waals surface area contributed by atoms with E-state index in [4.69, 9.17) is 4.74 Å². The number of carboxylic acids is 1. The van der Waals surface area contributed by atoms with Gasteiger partial charge in [-0.1, -0.05) is 30.3 Å². The molecular weight excluding hydrogens is 294 g/mol. The standard InChI is InChI=1S/C18H23NO4/c1-17(2,13-6-4-3-5-7-13)15(20)19-10-14-11-23-9-8-18(14,12-19)16(21)22/h3-7,14H,8-12H2,1-2H3,(H,21,22)/t14-,18+/m0/s1. The largest absolute Gasteiger partial charge is 0.481 e. The van der Waals surface area contributed by atoms with Crippen molar-refractivity contribution in [3.8, 4) is 0 Å². The summed E-state index contributed by atoms with van der Waals surface area (Å²) >= 11 is 0. The summed E-state index contributed by atoms with van der Waals surface area (Å²) < 4.78 is 5.46. The molecule has 1 amide bonds. The van der Waals surface area contributed by atoms with Crippen LogP contribution in [-0.4, -0.2) is 48.2 Å². The van der Waals surface area contributed by atoms with Crippen LogP contribution in [0.2, 0.25) is 0 Å². The minimum absolute atomic E-state index is 0.0151. The number of carbonyl (C=O) groups excluding carboxylic acids is 1. The lowest BCUT2D eigenvalue weighted by Gasteiger charge is -2.34. The van der Waals surface area contributed by atoms with Crippen molar-refractivity contribution in [2.45, 2.75) is 25.7 Å². The van der Waals surface area contributed by atoms with Gasteiger partial charge in [0.15, 0.2) is 0 Å². The summed E-state index contributed by atoms with van der Waals surface area (Å²) in [4.78, 5) is 26.6. The Bertz CT molecular complexity index is 613. The van der Waals surface area contributed by atoms with E-state index < -0.39 is 16.8 Å². The maximum Gasteiger partial charge on any atom is 0.311 e. The first-order chi connectivity index (χ1) is 10.9. The fraction of sp³-hybridized carbons (Fsp3) is 0.556. The zero-order chi connectivity index (χ0) is 16.7. The third kappa shape index (κ3) is 2.53. The van der Waals surface area contributed by atoms with Crippen LogP contribution in [0.15, 0.2) is 30.3 Å². The van der Waals surface area contributed by atoms with Crippen LogP contribution in [-0.2, 0) is 19.7 Å². The van der Waals surface area contributed by atoms with E-state index in [1.54, 1.807) is 4.90 Å². The number of carbonyl (C=O) groups is 2. The third-order valence-electron chi connectivity index (χ3n) is 5.45. The Balaban J connectivity index is 1.85. The Morgan fingerprint density at radius 1 is 1.30 bits per heavy atom. The first-order valence-electron chi connectivity index (χ1n) is 8.04. The van der Waals surface area contributed by atoms with Crippen LogP contribution in [0.25, 0.3) is 0 Å². The first kappa shape index (κ1) is 16.0. The molecule has 2 aliphatic heterocycles. The van der Waals surface area contributed by atoms with Gasteiger partial charge in [-0.3, -0.25) is 9.59 Å². The molecule has 0 aromatic heterocycles. The highest BCUT2D eigenvalue weighted by Gasteiger charge is 2.56. The highest BCUT2D eigenvalue weighted by atomic mass is 16.5. The molecule has 5 heteroatoms. The number of hydrogen-bond acceptors (Lipinski definition) is 3. The second-order valence-corrected chi connectivity index (χ2v) is 7.16. The molecule has 0 spiro atoms. The van der Waals surface area contributed by atoms with Gasteiger partial charge in [-0.25, -0.2) is 0 Å². The molecule has 1 N–H and O–H groups in total. The van der Waals surface area contributed by atoms with Gasteiger partial charge in [0.25, 0.3) is 0 Å². The molecule has 2 atom stereocenters. The van der Waals surface area contributed by atoms with Gasteiger partial charge >= 0.3 is 5.97 Å². The summed E-state index contributed by atoms with van der Waals surface area (Å²) in [6, 6.07) is 9.64. The molecule has 3 rings (SSSR count). The number of carboxylic acid groups (broad SMARTS) is 1. The molecule has 0 unspecified atom stereocenters. The Labute approximate surface area is 136 Å². The van der Waals surface area contributed by atoms with Gasteiger partial charge in [0.2, 0.25) is 5.91 Å². The van der Waals surface area contributed by atoms with Crippen LogP contribution in [0.5, 0.6) is 0 Å². The lowest BCUT2D eigenvalue weighted by molar-refractivity contribution is -0.157. The highest BCUT2D eigenvalue weighted by Crippen LogP contribution is 2.43. The molecule has 2 saturated heterocycles. The molecule has 1 aromatic rings. The molecule has 0 radical (unpaired) electrons. The first-order valence-corrected chi connectivity index (χ1v) is 8.04. The van der Waals surface area contributed by atoms with Crippen molar-refractivity contribution in [2.75, 3.05) is 26.3 Å². The van der Waals surface area contributed by atoms with Crippen LogP contribution in [0.1, 0.15) is 25.8 Å². The fourth-order valence-electron chi connectivity index (χ4n) is 3.83. The number of likely N-dealkylation sites (tertiary alicyclic amines) is 1. The minimum Gasteiger partial charge on any atom is -0.481 e. The summed E-state index contributed by atoms with van der Waals surface area (Å²) in [6.45, 7) is 5.41. The second kappa shape index (κ2) is 5.64. The normalized spacial score (nSPS) is 27.6. The number of nitrogens with zero attached hydrogens (tertiary/aromatic N) is 1. The van der Waals surface area contributed by atoms with Crippen LogP contribution in [0.3, 0.4) is 0 Å². The van der Waals surface area contributed by atoms with E-state index in [2.05, 4.69) is 0 Å². The fourth-order valence-corrected chi connectivity index (χ4v) is 3.83. The van der Waals surface area contributed by atoms with E-state index in [0.717, 1.165) is 5.56 Å². The van der Waals surface area contributed by atoms with Crippen LogP contribution in [0.4, 0.5) is 0 Å². The van der Waals surface area contributed by atoms with Crippen molar-refractivity contribution >= 4 is 11.9 Å². The van der Waals surface area contributed by atoms with E-state index >= 15 is 0 Å². The van der Waals surface area contributed by atoms with E-state index in [1.807, 2.05) is 44.2 Å². The van der Waals surface area contributed by atoms with E-state index in [1.165, 1.54) is 0 Å². The molecule has 5 nitrogen and oxygen atoms in total. The monoisotopic (exact) mass is 317 g/mol. The van der Waals surface area contributed by atoms with Crippen molar-refractivity contribution in [2.24, 2.45) is 11.3 Å². The molecule has 0 bridgehead atoms. The van der Waals surface area contributed by atoms with Crippen molar-refractivity contribution in [1.82, 2.24) is 4.90 Å². The van der Waals surface area contributed by atoms with Gasteiger partial charge in [0.05, 0.1) is 17.4 Å². The zero-order valence-electron chi connectivity index (χ0n) is 13.6. The number of aliphatic carboxylic acids is 1. The second-order valence-electron chi connectivity index (χ2n) is 7.16. The van der Waals surface area contributed by atoms with Crippen molar-refractivity contribution in [1.29, 1.82) is 0 Å². The van der Waals surface area contributed by atoms with Crippen molar-refractivity contribution in [3.63, 3.8) is 0 Å². The number of rotatable bonds is 3. The molecule has 2 fully saturated rings. The molecule has 2 aliphatic rings. The molecule has 124 valence electrons. The predicted molar refractivity (Wildman–Crippen MR) is 85.0 cm³/mol. The van der Waals surface area contributed by atoms with E-state index in [0.29, 0.717) is 26.2 Å². The third-order valence-corrected chi connectivity index (χ3v) is 5.45. The Kier molecular flexibility index (Phi) is 3.92. The number of benzene rings is 1. The van der Waals surface area contributed by atoms with Gasteiger partial charge in [-0.05, 0) is 25.8 Å². The molecule has 1 aromatic carbocycles. The maximum absolute atomic E-state index is 13.1. The van der Waals surface area contributed by atoms with Gasteiger partial charge in [-0.15, -0.1) is 0 Å². The van der Waals surface area contributed by atoms with Gasteiger partial charge < -0.3 is 14.7 Å². The Morgan fingerprint density at radius 2 is 2.00 bits per heavy atom. The Morgan fingerprint density at radius 3 is 2.61 bits per heavy atom. The summed E-state index contributed by atoms with van der Waals surface area (Å²) in [6.07, 6.45) is 0.475. The van der Waals surface area contributed by atoms with Crippen LogP contribution in [0, 0.1) is 11.3 Å². The van der Waals surface area contributed by atoms with Gasteiger partial charge in [0, 0.05) is 25.6 Å². The number of fused-ring (bicyclic) bond motifs is 1. The number of ether oxygens (including phenoxy) is 1. The summed E-state index contributed by atoms with van der Waals surface area (Å²) in [7, 11) is 0. The predicted octanol–water partition coefficient (Wildman–Crippen LogP) is 1.91. The van der Waals surface area contributed by atoms with Crippen LogP contribution < -0.4 is 0 Å². The summed E-state index contributed by atoms with van der Waals surface area (Å²) in [5.41, 5.74) is -0.573. The highest BCUT2D eigenvalue weighted by molar-refractivity contribution is 5.89. The molecule has 23 heavy (non-hydrogen) atoms. The molecular formula is C18H23NO4. The van der Waals surface area contributed by atoms with E-state index in [-0.39, 0.29) is 18.4 Å². The zero-order valence-corrected chi connectivity index (χ0v) is 13.6. The van der Waals surface area contributed by atoms with Crippen LogP contribution >= 0.6 is 0 Å². The quantitative estimate of drug-likeness (QED) is 0.925. The van der Waals surface area contributed by atoms with E-state index in [9.17, 15) is 14.7 Å². The smallest absolute Gasteiger partial charge is 0.311 e. The van der Waals surface area contributed by atoms with Crippen molar-refractivity contribution in [3.05, 3.63) is 35.9 Å². The molecule has 2 heterocycles. The topological polar surface area (TPSA) is 66.8 Å². The maximum atomic E-state index is 13.1. The number of hydrogen-bond donors (Lipinski definition) is 1. The average Bonchev–Trinajstić information content (AvgIpc) is 2.95. The Hall–Kier alpha value is -1.88. The molecule has 0 saturated carbocycles. The SMILES string of the molecule is CC(C)(C(=O)N1C[C@H]2COCC[C@@]2(C(=O)O)C1)c1ccccc1. The van der Waals surface area contributed by atoms with Crippen molar-refractivity contribution < 1.29 is 19.4 Å². The summed E-state index contributed by atoms with van der Waals surface area (Å²) in [5.74, 6) is -0.943. The average molecular weight is 317 g/mol. The number of amides is 1. The lowest BCUT2D eigenvalue weighted by atomic mass is 9.74. The molecule has 0 aliphatic carbocycles.